The molecule has 1 aliphatic rings. The SMILES string of the molecule is O=C(Nc1cccc(Cl)c1)N1CCC(n2ccnn2)C1. The van der Waals surface area contributed by atoms with E-state index in [-0.39, 0.29) is 12.1 Å². The van der Waals surface area contributed by atoms with Crippen molar-refractivity contribution in [3.8, 4) is 0 Å². The molecule has 3 rings (SSSR count). The molecule has 1 unspecified atom stereocenters. The first-order chi connectivity index (χ1) is 9.72. The van der Waals surface area contributed by atoms with Gasteiger partial charge in [0, 0.05) is 30.0 Å². The number of nitrogens with one attached hydrogen (secondary N) is 1. The van der Waals surface area contributed by atoms with Crippen molar-refractivity contribution < 1.29 is 4.79 Å². The van der Waals surface area contributed by atoms with Gasteiger partial charge in [-0.05, 0) is 24.6 Å². The Labute approximate surface area is 121 Å². The molecule has 104 valence electrons. The van der Waals surface area contributed by atoms with Crippen molar-refractivity contribution in [1.29, 1.82) is 0 Å². The molecule has 2 aromatic rings. The van der Waals surface area contributed by atoms with Gasteiger partial charge in [-0.25, -0.2) is 9.48 Å². The van der Waals surface area contributed by atoms with Gasteiger partial charge in [0.25, 0.3) is 0 Å². The van der Waals surface area contributed by atoms with Crippen molar-refractivity contribution in [2.45, 2.75) is 12.5 Å². The normalized spacial score (nSPS) is 18.2. The molecule has 2 heterocycles. The molecule has 1 N–H and O–H groups in total. The number of amides is 2. The number of urea groups is 1. The van der Waals surface area contributed by atoms with Gasteiger partial charge in [-0.2, -0.15) is 0 Å². The molecule has 1 aliphatic heterocycles. The average Bonchev–Trinajstić information content (AvgIpc) is 3.10. The second-order valence-electron chi connectivity index (χ2n) is 4.71. The summed E-state index contributed by atoms with van der Waals surface area (Å²) in [6.45, 7) is 1.34. The number of nitrogens with zero attached hydrogens (tertiary/aromatic N) is 4. The van der Waals surface area contributed by atoms with Gasteiger partial charge in [-0.15, -0.1) is 5.10 Å². The van der Waals surface area contributed by atoms with Crippen molar-refractivity contribution in [3.05, 3.63) is 41.7 Å². The largest absolute Gasteiger partial charge is 0.322 e. The van der Waals surface area contributed by atoms with E-state index < -0.39 is 0 Å². The molecule has 1 atom stereocenters. The summed E-state index contributed by atoms with van der Waals surface area (Å²) in [6, 6.07) is 7.20. The Morgan fingerprint density at radius 1 is 1.45 bits per heavy atom. The molecular formula is C13H14ClN5O. The lowest BCUT2D eigenvalue weighted by Crippen LogP contribution is -2.33. The number of rotatable bonds is 2. The maximum atomic E-state index is 12.2. The van der Waals surface area contributed by atoms with Crippen molar-refractivity contribution in [2.75, 3.05) is 18.4 Å². The molecule has 7 heteroatoms. The van der Waals surface area contributed by atoms with E-state index in [4.69, 9.17) is 11.6 Å². The predicted molar refractivity (Wildman–Crippen MR) is 75.7 cm³/mol. The summed E-state index contributed by atoms with van der Waals surface area (Å²) in [5.74, 6) is 0. The van der Waals surface area contributed by atoms with Crippen LogP contribution in [0.5, 0.6) is 0 Å². The Balaban J connectivity index is 1.61. The minimum Gasteiger partial charge on any atom is -0.322 e. The van der Waals surface area contributed by atoms with E-state index in [9.17, 15) is 4.79 Å². The Morgan fingerprint density at radius 3 is 3.10 bits per heavy atom. The second kappa shape index (κ2) is 5.50. The monoisotopic (exact) mass is 291 g/mol. The molecule has 0 spiro atoms. The molecule has 0 saturated carbocycles. The molecule has 0 radical (unpaired) electrons. The van der Waals surface area contributed by atoms with E-state index in [1.165, 1.54) is 0 Å². The Hall–Kier alpha value is -2.08. The van der Waals surface area contributed by atoms with E-state index in [1.807, 2.05) is 12.3 Å². The number of benzene rings is 1. The predicted octanol–water partition coefficient (Wildman–Crippen LogP) is 2.41. The van der Waals surface area contributed by atoms with Crippen molar-refractivity contribution in [1.82, 2.24) is 19.9 Å². The first-order valence-electron chi connectivity index (χ1n) is 6.39. The fraction of sp³-hybridized carbons (Fsp3) is 0.308. The molecular weight excluding hydrogens is 278 g/mol. The molecule has 0 aliphatic carbocycles. The fourth-order valence-electron chi connectivity index (χ4n) is 2.32. The third kappa shape index (κ3) is 2.75. The van der Waals surface area contributed by atoms with Crippen LogP contribution in [0.3, 0.4) is 0 Å². The van der Waals surface area contributed by atoms with E-state index in [2.05, 4.69) is 15.6 Å². The Kier molecular flexibility index (Phi) is 3.56. The van der Waals surface area contributed by atoms with E-state index >= 15 is 0 Å². The third-order valence-corrected chi connectivity index (χ3v) is 3.58. The molecule has 6 nitrogen and oxygen atoms in total. The van der Waals surface area contributed by atoms with E-state index in [1.54, 1.807) is 34.0 Å². The van der Waals surface area contributed by atoms with E-state index in [0.29, 0.717) is 23.8 Å². The Morgan fingerprint density at radius 2 is 2.35 bits per heavy atom. The third-order valence-electron chi connectivity index (χ3n) is 3.34. The van der Waals surface area contributed by atoms with Gasteiger partial charge in [0.1, 0.15) is 0 Å². The van der Waals surface area contributed by atoms with Gasteiger partial charge in [0.15, 0.2) is 0 Å². The lowest BCUT2D eigenvalue weighted by atomic mass is 10.3. The van der Waals surface area contributed by atoms with Gasteiger partial charge in [0.2, 0.25) is 0 Å². The van der Waals surface area contributed by atoms with E-state index in [0.717, 1.165) is 6.42 Å². The summed E-state index contributed by atoms with van der Waals surface area (Å²) in [6.07, 6.45) is 4.35. The number of likely N-dealkylation sites (tertiary alicyclic amines) is 1. The minimum absolute atomic E-state index is 0.116. The van der Waals surface area contributed by atoms with Crippen molar-refractivity contribution >= 4 is 23.3 Å². The van der Waals surface area contributed by atoms with Crippen molar-refractivity contribution in [3.63, 3.8) is 0 Å². The Bertz CT molecular complexity index is 601. The van der Waals surface area contributed by atoms with Crippen LogP contribution in [0.25, 0.3) is 0 Å². The number of carbonyl (C=O) groups excluding carboxylic acids is 1. The summed E-state index contributed by atoms with van der Waals surface area (Å²) in [5, 5.41) is 11.2. The van der Waals surface area contributed by atoms with Crippen LogP contribution in [0, 0.1) is 0 Å². The average molecular weight is 292 g/mol. The van der Waals surface area contributed by atoms with Gasteiger partial charge >= 0.3 is 6.03 Å². The zero-order valence-corrected chi connectivity index (χ0v) is 11.5. The summed E-state index contributed by atoms with van der Waals surface area (Å²) in [7, 11) is 0. The highest BCUT2D eigenvalue weighted by Crippen LogP contribution is 2.22. The quantitative estimate of drug-likeness (QED) is 0.924. The number of hydrogen-bond donors (Lipinski definition) is 1. The molecule has 2 amide bonds. The molecule has 1 saturated heterocycles. The fourth-order valence-corrected chi connectivity index (χ4v) is 2.51. The standard InChI is InChI=1S/C13H14ClN5O/c14-10-2-1-3-11(8-10)16-13(20)18-6-4-12(9-18)19-7-5-15-17-19/h1-3,5,7-8,12H,4,6,9H2,(H,16,20). The first kappa shape index (κ1) is 12.9. The number of anilines is 1. The molecule has 1 aromatic heterocycles. The van der Waals surface area contributed by atoms with Crippen LogP contribution in [-0.2, 0) is 0 Å². The van der Waals surface area contributed by atoms with Crippen LogP contribution in [0.15, 0.2) is 36.7 Å². The first-order valence-corrected chi connectivity index (χ1v) is 6.77. The van der Waals surface area contributed by atoms with Crippen LogP contribution in [0.2, 0.25) is 5.02 Å². The summed E-state index contributed by atoms with van der Waals surface area (Å²) in [5.41, 5.74) is 0.701. The number of halogens is 1. The minimum atomic E-state index is -0.116. The summed E-state index contributed by atoms with van der Waals surface area (Å²) in [4.78, 5) is 13.9. The van der Waals surface area contributed by atoms with Crippen LogP contribution < -0.4 is 5.32 Å². The smallest absolute Gasteiger partial charge is 0.321 e. The summed E-state index contributed by atoms with van der Waals surface area (Å²) < 4.78 is 1.80. The van der Waals surface area contributed by atoms with Crippen LogP contribution in [0.1, 0.15) is 12.5 Å². The second-order valence-corrected chi connectivity index (χ2v) is 5.15. The highest BCUT2D eigenvalue weighted by molar-refractivity contribution is 6.30. The topological polar surface area (TPSA) is 63.1 Å². The van der Waals surface area contributed by atoms with Crippen LogP contribution >= 0.6 is 11.6 Å². The molecule has 0 bridgehead atoms. The van der Waals surface area contributed by atoms with Crippen LogP contribution in [0.4, 0.5) is 10.5 Å². The number of hydrogen-bond acceptors (Lipinski definition) is 3. The molecule has 1 fully saturated rings. The van der Waals surface area contributed by atoms with Gasteiger partial charge in [0.05, 0.1) is 12.2 Å². The number of carbonyl (C=O) groups is 1. The molecule has 20 heavy (non-hydrogen) atoms. The van der Waals surface area contributed by atoms with Crippen LogP contribution in [-0.4, -0.2) is 39.0 Å². The zero-order chi connectivity index (χ0) is 13.9. The number of aromatic nitrogens is 3. The van der Waals surface area contributed by atoms with Crippen molar-refractivity contribution in [2.24, 2.45) is 0 Å². The maximum Gasteiger partial charge on any atom is 0.321 e. The maximum absolute atomic E-state index is 12.2. The zero-order valence-electron chi connectivity index (χ0n) is 10.7. The summed E-state index contributed by atoms with van der Waals surface area (Å²) >= 11 is 5.90. The van der Waals surface area contributed by atoms with Gasteiger partial charge < -0.3 is 10.2 Å². The lowest BCUT2D eigenvalue weighted by molar-refractivity contribution is 0.220. The highest BCUT2D eigenvalue weighted by Gasteiger charge is 2.27. The highest BCUT2D eigenvalue weighted by atomic mass is 35.5. The van der Waals surface area contributed by atoms with Gasteiger partial charge in [-0.3, -0.25) is 0 Å². The lowest BCUT2D eigenvalue weighted by Gasteiger charge is -2.17. The molecule has 1 aromatic carbocycles. The van der Waals surface area contributed by atoms with Gasteiger partial charge in [-0.1, -0.05) is 22.9 Å².